The fourth-order valence-corrected chi connectivity index (χ4v) is 3.31. The Bertz CT molecular complexity index is 1070. The molecule has 25 heavy (non-hydrogen) atoms. The van der Waals surface area contributed by atoms with Gasteiger partial charge in [0.2, 0.25) is 0 Å². The number of aryl methyl sites for hydroxylation is 2. The Morgan fingerprint density at radius 3 is 2.32 bits per heavy atom. The molecule has 0 amide bonds. The fraction of sp³-hybridized carbons (Fsp3) is 0.348. The number of aromatic nitrogens is 2. The molecule has 3 rings (SSSR count). The topological polar surface area (TPSA) is 8.81 Å². The van der Waals surface area contributed by atoms with Crippen molar-refractivity contribution >= 4 is 0 Å². The lowest BCUT2D eigenvalue weighted by Crippen LogP contribution is -2.29. The highest BCUT2D eigenvalue weighted by atomic mass is 15.1. The second kappa shape index (κ2) is 6.87. The van der Waals surface area contributed by atoms with Crippen molar-refractivity contribution in [3.63, 3.8) is 0 Å². The van der Waals surface area contributed by atoms with Crippen molar-refractivity contribution in [3.8, 4) is 17.1 Å². The smallest absolute Gasteiger partial charge is 0.232 e. The number of hydrogen-bond donors (Lipinski definition) is 0. The van der Waals surface area contributed by atoms with Gasteiger partial charge < -0.3 is 0 Å². The molecule has 0 aliphatic carbocycles. The molecular formula is C23H29N2+. The summed E-state index contributed by atoms with van der Waals surface area (Å²) in [6.45, 7) is 4.50. The van der Waals surface area contributed by atoms with Crippen LogP contribution in [0.15, 0.2) is 54.9 Å². The van der Waals surface area contributed by atoms with E-state index in [-0.39, 0.29) is 0 Å². The van der Waals surface area contributed by atoms with E-state index >= 15 is 0 Å². The summed E-state index contributed by atoms with van der Waals surface area (Å²) in [5.41, 5.74) is 3.74. The van der Waals surface area contributed by atoms with E-state index in [1.165, 1.54) is 6.92 Å². The van der Waals surface area contributed by atoms with Crippen molar-refractivity contribution < 1.29 is 11.4 Å². The van der Waals surface area contributed by atoms with Gasteiger partial charge in [-0.2, -0.15) is 4.57 Å². The van der Waals surface area contributed by atoms with Crippen LogP contribution in [0.5, 0.6) is 0 Å². The first-order valence-electron chi connectivity index (χ1n) is 11.0. The van der Waals surface area contributed by atoms with Crippen molar-refractivity contribution in [2.45, 2.75) is 46.3 Å². The van der Waals surface area contributed by atoms with E-state index in [0.29, 0.717) is 16.8 Å². The largest absolute Gasteiger partial charge is 0.294 e. The first-order chi connectivity index (χ1) is 13.8. The predicted molar refractivity (Wildman–Crippen MR) is 105 cm³/mol. The van der Waals surface area contributed by atoms with Gasteiger partial charge in [-0.15, -0.1) is 0 Å². The van der Waals surface area contributed by atoms with Crippen LogP contribution in [0.2, 0.25) is 0 Å². The highest BCUT2D eigenvalue weighted by molar-refractivity contribution is 5.63. The Labute approximate surface area is 158 Å². The van der Waals surface area contributed by atoms with Gasteiger partial charge in [0, 0.05) is 18.0 Å². The maximum absolute atomic E-state index is 8.79. The van der Waals surface area contributed by atoms with Gasteiger partial charge in [0.1, 0.15) is 18.1 Å². The third-order valence-corrected chi connectivity index (χ3v) is 4.61. The summed E-state index contributed by atoms with van der Waals surface area (Å²) in [6.07, 6.45) is 3.79. The Balaban J connectivity index is 2.45. The van der Waals surface area contributed by atoms with Crippen LogP contribution in [0.3, 0.4) is 0 Å². The molecule has 130 valence electrons. The van der Waals surface area contributed by atoms with Gasteiger partial charge in [-0.25, -0.2) is 4.57 Å². The van der Waals surface area contributed by atoms with E-state index in [4.69, 9.17) is 6.85 Å². The molecule has 0 N–H and O–H groups in total. The Morgan fingerprint density at radius 1 is 1.00 bits per heavy atom. The second-order valence-electron chi connectivity index (χ2n) is 6.74. The van der Waals surface area contributed by atoms with Crippen molar-refractivity contribution in [2.75, 3.05) is 0 Å². The van der Waals surface area contributed by atoms with Crippen molar-refractivity contribution in [1.29, 1.82) is 0 Å². The third kappa shape index (κ3) is 3.13. The molecule has 2 aromatic carbocycles. The minimum atomic E-state index is -2.52. The lowest BCUT2D eigenvalue weighted by atomic mass is 9.92. The molecule has 1 aromatic heterocycles. The predicted octanol–water partition coefficient (Wildman–Crippen LogP) is 5.52. The van der Waals surface area contributed by atoms with Crippen LogP contribution in [0.25, 0.3) is 17.1 Å². The molecule has 2 heteroatoms. The average Bonchev–Trinajstić information content (AvgIpc) is 3.01. The van der Waals surface area contributed by atoms with Gasteiger partial charge >= 0.3 is 0 Å². The molecule has 0 bridgehead atoms. The van der Waals surface area contributed by atoms with E-state index in [9.17, 15) is 0 Å². The summed E-state index contributed by atoms with van der Waals surface area (Å²) >= 11 is 0. The Hall–Kier alpha value is -2.35. The quantitative estimate of drug-likeness (QED) is 0.554. The molecule has 0 saturated heterocycles. The minimum absolute atomic E-state index is 0.381. The van der Waals surface area contributed by atoms with Crippen LogP contribution in [0, 0.1) is 6.92 Å². The van der Waals surface area contributed by atoms with E-state index in [2.05, 4.69) is 0 Å². The van der Waals surface area contributed by atoms with Crippen molar-refractivity contribution in [3.05, 3.63) is 71.5 Å². The first-order valence-corrected chi connectivity index (χ1v) is 8.54. The molecule has 0 saturated carbocycles. The normalized spacial score (nSPS) is 17.7. The zero-order chi connectivity index (χ0) is 22.5. The Morgan fingerprint density at radius 2 is 1.68 bits per heavy atom. The summed E-state index contributed by atoms with van der Waals surface area (Å²) in [6, 6.07) is 13.3. The number of hydrogen-bond acceptors (Lipinski definition) is 0. The number of imidazole rings is 1. The lowest BCUT2D eigenvalue weighted by Gasteiger charge is -2.18. The molecule has 0 fully saturated rings. The van der Waals surface area contributed by atoms with Crippen LogP contribution in [-0.4, -0.2) is 4.57 Å². The maximum atomic E-state index is 8.79. The summed E-state index contributed by atoms with van der Waals surface area (Å²) in [4.78, 5) is 0. The molecule has 1 heterocycles. The van der Waals surface area contributed by atoms with Crippen LogP contribution >= 0.6 is 0 Å². The van der Waals surface area contributed by atoms with Crippen LogP contribution in [-0.2, 0) is 7.05 Å². The molecule has 1 unspecified atom stereocenters. The lowest BCUT2D eigenvalue weighted by molar-refractivity contribution is -0.659. The minimum Gasteiger partial charge on any atom is -0.232 e. The maximum Gasteiger partial charge on any atom is 0.294 e. The number of rotatable bonds is 4. The fourth-order valence-electron chi connectivity index (χ4n) is 3.31. The number of benzene rings is 2. The van der Waals surface area contributed by atoms with Gasteiger partial charge in [-0.3, -0.25) is 0 Å². The zero-order valence-electron chi connectivity index (χ0n) is 20.6. The van der Waals surface area contributed by atoms with Gasteiger partial charge in [0.05, 0.1) is 12.6 Å². The highest BCUT2D eigenvalue weighted by Crippen LogP contribution is 2.33. The van der Waals surface area contributed by atoms with E-state index in [1.807, 2.05) is 65.8 Å². The van der Waals surface area contributed by atoms with Gasteiger partial charge in [0.25, 0.3) is 5.82 Å². The molecule has 0 spiro atoms. The second-order valence-corrected chi connectivity index (χ2v) is 6.74. The van der Waals surface area contributed by atoms with E-state index < -0.39 is 18.6 Å². The zero-order valence-corrected chi connectivity index (χ0v) is 15.6. The van der Waals surface area contributed by atoms with Gasteiger partial charge in [-0.1, -0.05) is 64.0 Å². The molecule has 0 aliphatic rings. The van der Waals surface area contributed by atoms with E-state index in [1.54, 1.807) is 26.0 Å². The van der Waals surface area contributed by atoms with Crippen molar-refractivity contribution in [2.24, 2.45) is 7.05 Å². The summed E-state index contributed by atoms with van der Waals surface area (Å²) < 4.78 is 45.4. The third-order valence-electron chi connectivity index (χ3n) is 4.61. The standard InChI is InChI=1S/C23H29N2/c1-16(2)19-12-9-13-20(17(3)4)22(19)25-15-14-24(6)23(25)21-11-8-7-10-18(21)5/h7-17H,1-6H3/q+1/i1D3,16D,17D. The molecular weight excluding hydrogens is 304 g/mol. The van der Waals surface area contributed by atoms with Crippen LogP contribution in [0.4, 0.5) is 0 Å². The summed E-state index contributed by atoms with van der Waals surface area (Å²) in [5.74, 6) is -1.95. The number of nitrogens with zero attached hydrogens (tertiary/aromatic N) is 2. The molecule has 0 aliphatic heterocycles. The van der Waals surface area contributed by atoms with Crippen LogP contribution < -0.4 is 4.57 Å². The van der Waals surface area contributed by atoms with Crippen molar-refractivity contribution in [1.82, 2.24) is 4.57 Å². The van der Waals surface area contributed by atoms with Gasteiger partial charge in [-0.05, 0) is 30.3 Å². The summed E-state index contributed by atoms with van der Waals surface area (Å²) in [5, 5.41) is 0. The molecule has 1 atom stereocenters. The first kappa shape index (κ1) is 12.1. The average molecular weight is 339 g/mol. The highest BCUT2D eigenvalue weighted by Gasteiger charge is 2.26. The SMILES string of the molecule is [2H]C(C)(C)c1cccc(C([2H])(C)C([2H])([2H])[2H])c1-n1cc[n+](C)c1-c1ccccc1C. The molecule has 2 nitrogen and oxygen atoms in total. The number of para-hydroxylation sites is 1. The Kier molecular flexibility index (Phi) is 3.32. The molecule has 3 aromatic rings. The van der Waals surface area contributed by atoms with E-state index in [0.717, 1.165) is 17.0 Å². The van der Waals surface area contributed by atoms with Crippen LogP contribution in [0.1, 0.15) is 63.0 Å². The molecule has 0 radical (unpaired) electrons. The van der Waals surface area contributed by atoms with Gasteiger partial charge in [0.15, 0.2) is 0 Å². The summed E-state index contributed by atoms with van der Waals surface area (Å²) in [7, 11) is 1.94. The monoisotopic (exact) mass is 338 g/mol.